The first-order valence-corrected chi connectivity index (χ1v) is 10.6. The van der Waals surface area contributed by atoms with E-state index >= 15 is 0 Å². The number of nitrogens with one attached hydrogen (secondary N) is 1. The zero-order chi connectivity index (χ0) is 20.3. The molecule has 8 nitrogen and oxygen atoms in total. The van der Waals surface area contributed by atoms with Crippen LogP contribution in [-0.4, -0.2) is 48.5 Å². The Balaban J connectivity index is 1.72. The van der Waals surface area contributed by atoms with Crippen molar-refractivity contribution in [3.05, 3.63) is 41.7 Å². The van der Waals surface area contributed by atoms with Gasteiger partial charge in [-0.1, -0.05) is 12.5 Å². The Morgan fingerprint density at radius 3 is 2.61 bits per heavy atom. The Morgan fingerprint density at radius 1 is 1.21 bits per heavy atom. The van der Waals surface area contributed by atoms with E-state index in [1.54, 1.807) is 19.2 Å². The lowest BCUT2D eigenvalue weighted by molar-refractivity contribution is 0.0942. The topological polar surface area (TPSA) is 101 Å². The highest BCUT2D eigenvalue weighted by atomic mass is 32.2. The second-order valence-electron chi connectivity index (χ2n) is 6.83. The summed E-state index contributed by atoms with van der Waals surface area (Å²) in [5.41, 5.74) is 1.01. The van der Waals surface area contributed by atoms with Crippen LogP contribution in [0.1, 0.15) is 35.3 Å². The van der Waals surface area contributed by atoms with Gasteiger partial charge < -0.3 is 19.7 Å². The Morgan fingerprint density at radius 2 is 1.93 bits per heavy atom. The maximum Gasteiger partial charge on any atom is 0.268 e. The third kappa shape index (κ3) is 4.15. The quantitative estimate of drug-likeness (QED) is 0.761. The Labute approximate surface area is 164 Å². The third-order valence-electron chi connectivity index (χ3n) is 4.86. The van der Waals surface area contributed by atoms with E-state index in [0.717, 1.165) is 24.8 Å². The molecule has 1 fully saturated rings. The number of carbonyl (C=O) groups excluding carboxylic acids is 1. The van der Waals surface area contributed by atoms with Crippen LogP contribution in [0, 0.1) is 0 Å². The van der Waals surface area contributed by atoms with Crippen LogP contribution in [0.5, 0.6) is 11.5 Å². The summed E-state index contributed by atoms with van der Waals surface area (Å²) < 4.78 is 33.7. The van der Waals surface area contributed by atoms with Crippen LogP contribution in [-0.2, 0) is 23.6 Å². The molecule has 0 aliphatic carbocycles. The monoisotopic (exact) mass is 407 g/mol. The molecule has 1 aliphatic rings. The molecule has 0 radical (unpaired) electrons. The molecule has 0 spiro atoms. The number of sulfonamides is 1. The van der Waals surface area contributed by atoms with Crippen molar-refractivity contribution in [2.24, 2.45) is 7.05 Å². The maximum absolute atomic E-state index is 12.8. The summed E-state index contributed by atoms with van der Waals surface area (Å²) in [5.74, 6) is -0.0391. The van der Waals surface area contributed by atoms with E-state index in [1.807, 2.05) is 0 Å². The zero-order valence-corrected chi connectivity index (χ0v) is 16.8. The van der Waals surface area contributed by atoms with Gasteiger partial charge in [-0.25, -0.2) is 8.42 Å². The average molecular weight is 407 g/mol. The minimum Gasteiger partial charge on any atom is -0.504 e. The summed E-state index contributed by atoms with van der Waals surface area (Å²) in [5, 5.41) is 12.4. The summed E-state index contributed by atoms with van der Waals surface area (Å²) in [7, 11) is -0.493. The van der Waals surface area contributed by atoms with Gasteiger partial charge in [0.1, 0.15) is 10.6 Å². The number of rotatable bonds is 6. The minimum atomic E-state index is -3.59. The predicted molar refractivity (Wildman–Crippen MR) is 104 cm³/mol. The Hall–Kier alpha value is -2.52. The average Bonchev–Trinajstić information content (AvgIpc) is 3.10. The van der Waals surface area contributed by atoms with Gasteiger partial charge in [-0.3, -0.25) is 4.79 Å². The number of nitrogens with zero attached hydrogens (tertiary/aromatic N) is 2. The molecule has 1 amide bonds. The van der Waals surface area contributed by atoms with Gasteiger partial charge in [0.05, 0.1) is 7.11 Å². The van der Waals surface area contributed by atoms with E-state index in [1.165, 1.54) is 34.3 Å². The van der Waals surface area contributed by atoms with Crippen molar-refractivity contribution in [3.63, 3.8) is 0 Å². The van der Waals surface area contributed by atoms with E-state index in [0.29, 0.717) is 18.8 Å². The molecule has 1 saturated heterocycles. The molecule has 2 aromatic rings. The van der Waals surface area contributed by atoms with Crippen LogP contribution < -0.4 is 10.1 Å². The fraction of sp³-hybridized carbons (Fsp3) is 0.421. The van der Waals surface area contributed by atoms with Crippen LogP contribution in [0.15, 0.2) is 35.4 Å². The van der Waals surface area contributed by atoms with E-state index in [-0.39, 0.29) is 28.8 Å². The van der Waals surface area contributed by atoms with Gasteiger partial charge in [0.15, 0.2) is 11.5 Å². The standard InChI is InChI=1S/C19H25N3O5S/c1-21-13-15(28(25,26)22-8-4-3-5-9-22)11-16(21)19(24)20-12-14-6-7-17(23)18(10-14)27-2/h6-7,10-11,13,23H,3-5,8-9,12H2,1-2H3,(H,20,24). The second-order valence-corrected chi connectivity index (χ2v) is 8.76. The summed E-state index contributed by atoms with van der Waals surface area (Å²) in [4.78, 5) is 12.7. The number of phenols is 1. The number of aromatic hydroxyl groups is 1. The molecule has 2 heterocycles. The molecule has 2 N–H and O–H groups in total. The second kappa shape index (κ2) is 8.24. The molecule has 0 saturated carbocycles. The molecule has 1 aromatic carbocycles. The third-order valence-corrected chi connectivity index (χ3v) is 6.73. The van der Waals surface area contributed by atoms with Crippen molar-refractivity contribution < 1.29 is 23.1 Å². The number of carbonyl (C=O) groups is 1. The van der Waals surface area contributed by atoms with Crippen molar-refractivity contribution in [3.8, 4) is 11.5 Å². The van der Waals surface area contributed by atoms with E-state index < -0.39 is 10.0 Å². The van der Waals surface area contributed by atoms with Gasteiger partial charge in [-0.05, 0) is 36.6 Å². The van der Waals surface area contributed by atoms with Crippen LogP contribution in [0.25, 0.3) is 0 Å². The number of benzene rings is 1. The van der Waals surface area contributed by atoms with Crippen molar-refractivity contribution in [1.29, 1.82) is 0 Å². The van der Waals surface area contributed by atoms with Crippen molar-refractivity contribution in [2.75, 3.05) is 20.2 Å². The fourth-order valence-electron chi connectivity index (χ4n) is 3.26. The summed E-state index contributed by atoms with van der Waals surface area (Å²) in [6.45, 7) is 1.25. The smallest absolute Gasteiger partial charge is 0.268 e. The zero-order valence-electron chi connectivity index (χ0n) is 16.0. The minimum absolute atomic E-state index is 0.0209. The van der Waals surface area contributed by atoms with Crippen LogP contribution in [0.4, 0.5) is 0 Å². The first-order valence-electron chi connectivity index (χ1n) is 9.13. The maximum atomic E-state index is 12.8. The number of phenolic OH excluding ortho intramolecular Hbond substituents is 1. The number of amides is 1. The largest absolute Gasteiger partial charge is 0.504 e. The first-order chi connectivity index (χ1) is 13.3. The van der Waals surface area contributed by atoms with Gasteiger partial charge in [-0.15, -0.1) is 0 Å². The van der Waals surface area contributed by atoms with Crippen molar-refractivity contribution in [1.82, 2.24) is 14.2 Å². The highest BCUT2D eigenvalue weighted by Crippen LogP contribution is 2.26. The molecule has 1 aromatic heterocycles. The lowest BCUT2D eigenvalue weighted by atomic mass is 10.2. The highest BCUT2D eigenvalue weighted by molar-refractivity contribution is 7.89. The molecule has 0 unspecified atom stereocenters. The normalized spacial score (nSPS) is 15.4. The van der Waals surface area contributed by atoms with Gasteiger partial charge in [0.25, 0.3) is 5.91 Å². The number of methoxy groups -OCH3 is 1. The van der Waals surface area contributed by atoms with Crippen molar-refractivity contribution in [2.45, 2.75) is 30.7 Å². The highest BCUT2D eigenvalue weighted by Gasteiger charge is 2.28. The van der Waals surface area contributed by atoms with E-state index in [4.69, 9.17) is 4.74 Å². The number of ether oxygens (including phenoxy) is 1. The number of aromatic nitrogens is 1. The van der Waals surface area contributed by atoms with Gasteiger partial charge in [-0.2, -0.15) is 4.31 Å². The fourth-order valence-corrected chi connectivity index (χ4v) is 4.85. The molecule has 9 heteroatoms. The van der Waals surface area contributed by atoms with Gasteiger partial charge in [0, 0.05) is 32.9 Å². The molecule has 152 valence electrons. The first kappa shape index (κ1) is 20.2. The molecule has 3 rings (SSSR count). The summed E-state index contributed by atoms with van der Waals surface area (Å²) >= 11 is 0. The Bertz CT molecular complexity index is 962. The van der Waals surface area contributed by atoms with Crippen LogP contribution in [0.3, 0.4) is 0 Å². The molecular weight excluding hydrogens is 382 g/mol. The van der Waals surface area contributed by atoms with Crippen molar-refractivity contribution >= 4 is 15.9 Å². The van der Waals surface area contributed by atoms with Gasteiger partial charge in [0.2, 0.25) is 10.0 Å². The lowest BCUT2D eigenvalue weighted by Crippen LogP contribution is -2.35. The lowest BCUT2D eigenvalue weighted by Gasteiger charge is -2.25. The van der Waals surface area contributed by atoms with Crippen LogP contribution in [0.2, 0.25) is 0 Å². The predicted octanol–water partition coefficient (Wildman–Crippen LogP) is 1.84. The summed E-state index contributed by atoms with van der Waals surface area (Å²) in [6.07, 6.45) is 4.23. The summed E-state index contributed by atoms with van der Waals surface area (Å²) in [6, 6.07) is 6.21. The molecule has 28 heavy (non-hydrogen) atoms. The number of aryl methyl sites for hydroxylation is 1. The van der Waals surface area contributed by atoms with E-state index in [9.17, 15) is 18.3 Å². The van der Waals surface area contributed by atoms with E-state index in [2.05, 4.69) is 5.32 Å². The number of hydrogen-bond donors (Lipinski definition) is 2. The molecule has 0 bridgehead atoms. The van der Waals surface area contributed by atoms with Gasteiger partial charge >= 0.3 is 0 Å². The Kier molecular flexibility index (Phi) is 5.95. The molecular formula is C19H25N3O5S. The molecule has 0 atom stereocenters. The number of piperidine rings is 1. The SMILES string of the molecule is COc1cc(CNC(=O)c2cc(S(=O)(=O)N3CCCCC3)cn2C)ccc1O. The van der Waals surface area contributed by atoms with Crippen LogP contribution >= 0.6 is 0 Å². The number of hydrogen-bond acceptors (Lipinski definition) is 5. The molecule has 1 aliphatic heterocycles.